The summed E-state index contributed by atoms with van der Waals surface area (Å²) in [5.74, 6) is 1.98. The fourth-order valence-electron chi connectivity index (χ4n) is 1.96. The zero-order valence-electron chi connectivity index (χ0n) is 11.5. The van der Waals surface area contributed by atoms with Gasteiger partial charge in [0.05, 0.1) is 5.69 Å². The van der Waals surface area contributed by atoms with Crippen LogP contribution in [0.2, 0.25) is 0 Å². The van der Waals surface area contributed by atoms with E-state index in [9.17, 15) is 0 Å². The van der Waals surface area contributed by atoms with E-state index in [2.05, 4.69) is 66.3 Å². The van der Waals surface area contributed by atoms with Crippen LogP contribution in [0.1, 0.15) is 25.3 Å². The van der Waals surface area contributed by atoms with Crippen molar-refractivity contribution in [1.82, 2.24) is 9.97 Å². The molecule has 106 valence electrons. The van der Waals surface area contributed by atoms with E-state index in [1.165, 1.54) is 0 Å². The highest BCUT2D eigenvalue weighted by Crippen LogP contribution is 2.33. The number of aromatic nitrogens is 2. The van der Waals surface area contributed by atoms with Gasteiger partial charge in [0.2, 0.25) is 0 Å². The highest BCUT2D eigenvalue weighted by atomic mass is 79.9. The normalized spacial score (nSPS) is 10.7. The van der Waals surface area contributed by atoms with Crippen molar-refractivity contribution in [3.05, 3.63) is 39.0 Å². The summed E-state index contributed by atoms with van der Waals surface area (Å²) in [5.41, 5.74) is 2.03. The molecule has 1 heterocycles. The van der Waals surface area contributed by atoms with Crippen molar-refractivity contribution in [2.24, 2.45) is 0 Å². The van der Waals surface area contributed by atoms with Gasteiger partial charge in [-0.05, 0) is 40.0 Å². The lowest BCUT2D eigenvalue weighted by molar-refractivity contribution is 0.852. The smallest absolute Gasteiger partial charge is 0.139 e. The molecular formula is C14H16Br2N4. The SMILES string of the molecule is CNc1ncnc(Nc2cc(Br)ccc2Br)c1C(C)C. The fraction of sp³-hybridized carbons (Fsp3) is 0.286. The van der Waals surface area contributed by atoms with Crippen LogP contribution in [-0.4, -0.2) is 17.0 Å². The van der Waals surface area contributed by atoms with Crippen LogP contribution < -0.4 is 10.6 Å². The number of benzene rings is 1. The molecule has 2 aromatic rings. The first-order valence-corrected chi connectivity index (χ1v) is 7.86. The Morgan fingerprint density at radius 2 is 1.80 bits per heavy atom. The molecule has 0 atom stereocenters. The number of hydrogen-bond acceptors (Lipinski definition) is 4. The molecule has 2 rings (SSSR count). The third-order valence-corrected chi connectivity index (χ3v) is 4.06. The predicted molar refractivity (Wildman–Crippen MR) is 90.8 cm³/mol. The number of halogens is 2. The summed E-state index contributed by atoms with van der Waals surface area (Å²) < 4.78 is 2.00. The van der Waals surface area contributed by atoms with Gasteiger partial charge in [-0.3, -0.25) is 0 Å². The minimum atomic E-state index is 0.312. The summed E-state index contributed by atoms with van der Waals surface area (Å²) in [5, 5.41) is 6.49. The molecular weight excluding hydrogens is 384 g/mol. The number of nitrogens with one attached hydrogen (secondary N) is 2. The van der Waals surface area contributed by atoms with Crippen LogP contribution >= 0.6 is 31.9 Å². The third kappa shape index (κ3) is 3.30. The second kappa shape index (κ2) is 6.54. The van der Waals surface area contributed by atoms with Gasteiger partial charge in [0.25, 0.3) is 0 Å². The van der Waals surface area contributed by atoms with Crippen molar-refractivity contribution in [2.45, 2.75) is 19.8 Å². The molecule has 0 aliphatic heterocycles. The molecule has 0 radical (unpaired) electrons. The molecule has 0 aliphatic rings. The average molecular weight is 400 g/mol. The minimum Gasteiger partial charge on any atom is -0.373 e. The molecule has 1 aromatic heterocycles. The molecule has 0 saturated carbocycles. The van der Waals surface area contributed by atoms with E-state index in [1.54, 1.807) is 6.33 Å². The molecule has 1 aromatic carbocycles. The van der Waals surface area contributed by atoms with Crippen LogP contribution in [0, 0.1) is 0 Å². The van der Waals surface area contributed by atoms with Crippen molar-refractivity contribution in [2.75, 3.05) is 17.7 Å². The van der Waals surface area contributed by atoms with Gasteiger partial charge in [0.15, 0.2) is 0 Å². The van der Waals surface area contributed by atoms with Crippen molar-refractivity contribution in [3.63, 3.8) is 0 Å². The van der Waals surface area contributed by atoms with Gasteiger partial charge in [-0.25, -0.2) is 9.97 Å². The van der Waals surface area contributed by atoms with Crippen LogP contribution in [0.15, 0.2) is 33.5 Å². The molecule has 4 nitrogen and oxygen atoms in total. The van der Waals surface area contributed by atoms with Gasteiger partial charge in [-0.15, -0.1) is 0 Å². The summed E-state index contributed by atoms with van der Waals surface area (Å²) in [4.78, 5) is 8.65. The maximum absolute atomic E-state index is 4.38. The molecule has 0 bridgehead atoms. The van der Waals surface area contributed by atoms with Crippen molar-refractivity contribution >= 4 is 49.2 Å². The van der Waals surface area contributed by atoms with Gasteiger partial charge < -0.3 is 10.6 Å². The van der Waals surface area contributed by atoms with Crippen molar-refractivity contribution < 1.29 is 0 Å². The largest absolute Gasteiger partial charge is 0.373 e. The van der Waals surface area contributed by atoms with E-state index < -0.39 is 0 Å². The highest BCUT2D eigenvalue weighted by Gasteiger charge is 2.15. The number of rotatable bonds is 4. The van der Waals surface area contributed by atoms with Gasteiger partial charge in [0.1, 0.15) is 18.0 Å². The summed E-state index contributed by atoms with van der Waals surface area (Å²) in [7, 11) is 1.87. The first-order valence-electron chi connectivity index (χ1n) is 6.27. The third-order valence-electron chi connectivity index (χ3n) is 2.88. The van der Waals surface area contributed by atoms with Gasteiger partial charge >= 0.3 is 0 Å². The van der Waals surface area contributed by atoms with E-state index >= 15 is 0 Å². The van der Waals surface area contributed by atoms with Crippen molar-refractivity contribution in [3.8, 4) is 0 Å². The lowest BCUT2D eigenvalue weighted by atomic mass is 10.0. The van der Waals surface area contributed by atoms with Crippen LogP contribution in [0.5, 0.6) is 0 Å². The molecule has 2 N–H and O–H groups in total. The van der Waals surface area contributed by atoms with Gasteiger partial charge in [-0.2, -0.15) is 0 Å². The second-order valence-electron chi connectivity index (χ2n) is 4.64. The Morgan fingerprint density at radius 3 is 2.45 bits per heavy atom. The maximum Gasteiger partial charge on any atom is 0.139 e. The quantitative estimate of drug-likeness (QED) is 0.766. The Kier molecular flexibility index (Phi) is 4.99. The molecule has 0 spiro atoms. The van der Waals surface area contributed by atoms with E-state index in [0.717, 1.165) is 31.8 Å². The first-order chi connectivity index (χ1) is 9.52. The van der Waals surface area contributed by atoms with E-state index in [-0.39, 0.29) is 0 Å². The van der Waals surface area contributed by atoms with Gasteiger partial charge in [-0.1, -0.05) is 29.8 Å². The summed E-state index contributed by atoms with van der Waals surface area (Å²) in [6.07, 6.45) is 1.56. The fourth-order valence-corrected chi connectivity index (χ4v) is 2.67. The van der Waals surface area contributed by atoms with E-state index in [1.807, 2.05) is 25.2 Å². The molecule has 0 fully saturated rings. The first kappa shape index (κ1) is 15.3. The van der Waals surface area contributed by atoms with Crippen LogP contribution in [-0.2, 0) is 0 Å². The second-order valence-corrected chi connectivity index (χ2v) is 6.41. The average Bonchev–Trinajstić information content (AvgIpc) is 2.42. The van der Waals surface area contributed by atoms with Crippen LogP contribution in [0.25, 0.3) is 0 Å². The van der Waals surface area contributed by atoms with Crippen LogP contribution in [0.4, 0.5) is 17.3 Å². The monoisotopic (exact) mass is 398 g/mol. The summed E-state index contributed by atoms with van der Waals surface area (Å²) in [6, 6.07) is 5.98. The zero-order chi connectivity index (χ0) is 14.7. The topological polar surface area (TPSA) is 49.8 Å². The molecule has 0 unspecified atom stereocenters. The molecule has 0 saturated heterocycles. The number of hydrogen-bond donors (Lipinski definition) is 2. The lowest BCUT2D eigenvalue weighted by Crippen LogP contribution is -2.07. The predicted octanol–water partition coefficient (Wildman–Crippen LogP) is 4.91. The molecule has 6 heteroatoms. The minimum absolute atomic E-state index is 0.312. The Balaban J connectivity index is 2.45. The Labute approximate surface area is 135 Å². The Hall–Kier alpha value is -1.14. The van der Waals surface area contributed by atoms with E-state index in [4.69, 9.17) is 0 Å². The standard InChI is InChI=1S/C14H16Br2N4/c1-8(2)12-13(17-3)18-7-19-14(12)20-11-6-9(15)4-5-10(11)16/h4-8H,1-3H3,(H2,17,18,19,20). The van der Waals surface area contributed by atoms with Crippen molar-refractivity contribution in [1.29, 1.82) is 0 Å². The number of anilines is 3. The summed E-state index contributed by atoms with van der Waals surface area (Å²) in [6.45, 7) is 4.25. The Morgan fingerprint density at radius 1 is 1.10 bits per heavy atom. The van der Waals surface area contributed by atoms with Gasteiger partial charge in [0, 0.05) is 21.6 Å². The lowest BCUT2D eigenvalue weighted by Gasteiger charge is -2.17. The maximum atomic E-state index is 4.38. The summed E-state index contributed by atoms with van der Waals surface area (Å²) >= 11 is 7.02. The highest BCUT2D eigenvalue weighted by molar-refractivity contribution is 9.11. The van der Waals surface area contributed by atoms with E-state index in [0.29, 0.717) is 5.92 Å². The Bertz CT molecular complexity index is 614. The van der Waals surface area contributed by atoms with Crippen LogP contribution in [0.3, 0.4) is 0 Å². The number of nitrogens with zero attached hydrogens (tertiary/aromatic N) is 2. The molecule has 20 heavy (non-hydrogen) atoms. The zero-order valence-corrected chi connectivity index (χ0v) is 14.7. The molecule has 0 amide bonds. The molecule has 0 aliphatic carbocycles.